The normalized spacial score (nSPS) is 38.7. The highest BCUT2D eigenvalue weighted by molar-refractivity contribution is 5.40. The van der Waals surface area contributed by atoms with Gasteiger partial charge < -0.3 is 25.3 Å². The van der Waals surface area contributed by atoms with Gasteiger partial charge in [-0.15, -0.1) is 0 Å². The molecule has 5 unspecified atom stereocenters. The molecule has 0 bridgehead atoms. The van der Waals surface area contributed by atoms with E-state index in [1.807, 2.05) is 38.4 Å². The Morgan fingerprint density at radius 3 is 2.46 bits per heavy atom. The molecule has 5 heteroatoms. The average molecular weight is 335 g/mol. The van der Waals surface area contributed by atoms with E-state index < -0.39 is 23.4 Å². The summed E-state index contributed by atoms with van der Waals surface area (Å²) >= 11 is 0. The molecule has 1 aromatic carbocycles. The zero-order valence-electron chi connectivity index (χ0n) is 14.5. The second-order valence-electron chi connectivity index (χ2n) is 7.87. The van der Waals surface area contributed by atoms with Crippen LogP contribution >= 0.6 is 0 Å². The highest BCUT2D eigenvalue weighted by atomic mass is 16.4. The molecule has 1 fully saturated rings. The zero-order chi connectivity index (χ0) is 17.5. The predicted octanol–water partition coefficient (Wildman–Crippen LogP) is 0.646. The van der Waals surface area contributed by atoms with Crippen molar-refractivity contribution in [3.63, 3.8) is 0 Å². The number of hydrogen-bond acceptors (Lipinski definition) is 5. The van der Waals surface area contributed by atoms with Crippen LogP contribution in [-0.4, -0.2) is 69.4 Å². The van der Waals surface area contributed by atoms with E-state index >= 15 is 0 Å². The number of rotatable bonds is 4. The van der Waals surface area contributed by atoms with Crippen molar-refractivity contribution in [1.82, 2.24) is 4.90 Å². The van der Waals surface area contributed by atoms with Gasteiger partial charge in [0.2, 0.25) is 0 Å². The molecule has 0 aromatic heterocycles. The molecule has 5 nitrogen and oxygen atoms in total. The van der Waals surface area contributed by atoms with E-state index in [0.29, 0.717) is 6.42 Å². The third kappa shape index (κ3) is 2.89. The minimum Gasteiger partial charge on any atom is -0.390 e. The highest BCUT2D eigenvalue weighted by Crippen LogP contribution is 2.53. The fourth-order valence-electron chi connectivity index (χ4n) is 4.61. The van der Waals surface area contributed by atoms with Crippen molar-refractivity contribution in [3.8, 4) is 0 Å². The van der Waals surface area contributed by atoms with Crippen molar-refractivity contribution >= 4 is 0 Å². The van der Waals surface area contributed by atoms with Gasteiger partial charge in [-0.05, 0) is 44.6 Å². The third-order valence-corrected chi connectivity index (χ3v) is 5.91. The lowest BCUT2D eigenvalue weighted by molar-refractivity contribution is -0.236. The molecule has 5 atom stereocenters. The molecule has 0 spiro atoms. The molecule has 0 aliphatic heterocycles. The van der Waals surface area contributed by atoms with Crippen LogP contribution in [0.3, 0.4) is 0 Å². The SMILES string of the molecule is CN(C)CCCC1c2ccccc2CC2(O)CC(O)C(O)CC12O. The first-order chi connectivity index (χ1) is 11.3. The molecular weight excluding hydrogens is 306 g/mol. The molecule has 0 saturated heterocycles. The van der Waals surface area contributed by atoms with Crippen LogP contribution in [0.4, 0.5) is 0 Å². The van der Waals surface area contributed by atoms with Crippen LogP contribution in [0.5, 0.6) is 0 Å². The maximum absolute atomic E-state index is 11.5. The van der Waals surface area contributed by atoms with Gasteiger partial charge in [0, 0.05) is 25.2 Å². The Labute approximate surface area is 143 Å². The van der Waals surface area contributed by atoms with Gasteiger partial charge in [-0.3, -0.25) is 0 Å². The predicted molar refractivity (Wildman–Crippen MR) is 91.8 cm³/mol. The molecule has 134 valence electrons. The van der Waals surface area contributed by atoms with Gasteiger partial charge in [-0.2, -0.15) is 0 Å². The van der Waals surface area contributed by atoms with Crippen molar-refractivity contribution in [2.45, 2.75) is 61.4 Å². The number of hydrogen-bond donors (Lipinski definition) is 4. The van der Waals surface area contributed by atoms with Gasteiger partial charge in [0.15, 0.2) is 0 Å². The first kappa shape index (κ1) is 17.8. The molecule has 2 aliphatic carbocycles. The van der Waals surface area contributed by atoms with Gasteiger partial charge in [0.1, 0.15) is 11.2 Å². The number of aliphatic hydroxyl groups is 4. The smallest absolute Gasteiger partial charge is 0.103 e. The van der Waals surface area contributed by atoms with E-state index in [-0.39, 0.29) is 18.8 Å². The molecule has 0 radical (unpaired) electrons. The maximum atomic E-state index is 11.5. The van der Waals surface area contributed by atoms with E-state index in [0.717, 1.165) is 30.5 Å². The topological polar surface area (TPSA) is 84.2 Å². The average Bonchev–Trinajstić information content (AvgIpc) is 2.49. The van der Waals surface area contributed by atoms with Crippen molar-refractivity contribution in [2.75, 3.05) is 20.6 Å². The Morgan fingerprint density at radius 2 is 1.75 bits per heavy atom. The van der Waals surface area contributed by atoms with Crippen LogP contribution in [0.1, 0.15) is 42.7 Å². The fourth-order valence-corrected chi connectivity index (χ4v) is 4.61. The van der Waals surface area contributed by atoms with Crippen molar-refractivity contribution in [1.29, 1.82) is 0 Å². The van der Waals surface area contributed by atoms with Crippen LogP contribution < -0.4 is 0 Å². The van der Waals surface area contributed by atoms with Crippen molar-refractivity contribution in [2.24, 2.45) is 0 Å². The Bertz CT molecular complexity index is 592. The van der Waals surface area contributed by atoms with Crippen LogP contribution in [0.25, 0.3) is 0 Å². The number of aliphatic hydroxyl groups excluding tert-OH is 2. The van der Waals surface area contributed by atoms with Crippen LogP contribution in [0.15, 0.2) is 24.3 Å². The summed E-state index contributed by atoms with van der Waals surface area (Å²) in [6.07, 6.45) is -0.0534. The first-order valence-electron chi connectivity index (χ1n) is 8.80. The second-order valence-corrected chi connectivity index (χ2v) is 7.87. The van der Waals surface area contributed by atoms with Gasteiger partial charge in [-0.25, -0.2) is 0 Å². The van der Waals surface area contributed by atoms with Crippen LogP contribution in [-0.2, 0) is 6.42 Å². The first-order valence-corrected chi connectivity index (χ1v) is 8.80. The van der Waals surface area contributed by atoms with Crippen LogP contribution in [0, 0.1) is 0 Å². The summed E-state index contributed by atoms with van der Waals surface area (Å²) in [6.45, 7) is 0.901. The number of nitrogens with zero attached hydrogens (tertiary/aromatic N) is 1. The Morgan fingerprint density at radius 1 is 1.08 bits per heavy atom. The lowest BCUT2D eigenvalue weighted by atomic mass is 9.55. The molecule has 0 heterocycles. The summed E-state index contributed by atoms with van der Waals surface area (Å²) in [7, 11) is 4.03. The zero-order valence-corrected chi connectivity index (χ0v) is 14.5. The van der Waals surface area contributed by atoms with E-state index in [1.54, 1.807) is 0 Å². The standard InChI is InChI=1S/C19H29NO4/c1-20(2)9-5-8-15-14-7-4-3-6-13(14)10-18(23)11-16(21)17(22)12-19(15,18)24/h3-4,6-7,15-17,21-24H,5,8-12H2,1-2H3. The minimum absolute atomic E-state index is 0.00316. The Balaban J connectivity index is 1.98. The Kier molecular flexibility index (Phi) is 4.75. The van der Waals surface area contributed by atoms with Crippen molar-refractivity contribution in [3.05, 3.63) is 35.4 Å². The summed E-state index contributed by atoms with van der Waals surface area (Å²) in [5, 5.41) is 42.9. The largest absolute Gasteiger partial charge is 0.390 e. The summed E-state index contributed by atoms with van der Waals surface area (Å²) in [5.74, 6) is -0.241. The summed E-state index contributed by atoms with van der Waals surface area (Å²) in [6, 6.07) is 7.91. The minimum atomic E-state index is -1.41. The van der Waals surface area contributed by atoms with E-state index in [2.05, 4.69) is 4.90 Å². The molecule has 0 amide bonds. The highest BCUT2D eigenvalue weighted by Gasteiger charge is 2.61. The van der Waals surface area contributed by atoms with Crippen LogP contribution in [0.2, 0.25) is 0 Å². The molecule has 1 saturated carbocycles. The fraction of sp³-hybridized carbons (Fsp3) is 0.684. The van der Waals surface area contributed by atoms with Gasteiger partial charge in [0.05, 0.1) is 12.2 Å². The molecular formula is C19H29NO4. The third-order valence-electron chi connectivity index (χ3n) is 5.91. The van der Waals surface area contributed by atoms with Gasteiger partial charge >= 0.3 is 0 Å². The summed E-state index contributed by atoms with van der Waals surface area (Å²) < 4.78 is 0. The van der Waals surface area contributed by atoms with E-state index in [1.165, 1.54) is 0 Å². The molecule has 24 heavy (non-hydrogen) atoms. The Hall–Kier alpha value is -0.980. The maximum Gasteiger partial charge on any atom is 0.103 e. The lowest BCUT2D eigenvalue weighted by Gasteiger charge is -2.57. The monoisotopic (exact) mass is 335 g/mol. The number of benzene rings is 1. The number of fused-ring (bicyclic) bond motifs is 2. The van der Waals surface area contributed by atoms with Crippen molar-refractivity contribution < 1.29 is 20.4 Å². The molecule has 4 N–H and O–H groups in total. The molecule has 1 aromatic rings. The molecule has 3 rings (SSSR count). The van der Waals surface area contributed by atoms with E-state index in [9.17, 15) is 20.4 Å². The second kappa shape index (κ2) is 6.39. The molecule has 2 aliphatic rings. The van der Waals surface area contributed by atoms with E-state index in [4.69, 9.17) is 0 Å². The van der Waals surface area contributed by atoms with Gasteiger partial charge in [0.25, 0.3) is 0 Å². The quantitative estimate of drug-likeness (QED) is 0.649. The summed E-state index contributed by atoms with van der Waals surface area (Å²) in [5.41, 5.74) is -0.718. The summed E-state index contributed by atoms with van der Waals surface area (Å²) in [4.78, 5) is 2.10. The van der Waals surface area contributed by atoms with Gasteiger partial charge in [-0.1, -0.05) is 24.3 Å². The lowest BCUT2D eigenvalue weighted by Crippen LogP contribution is -2.68.